The fourth-order valence-electron chi connectivity index (χ4n) is 4.96. The second-order valence-corrected chi connectivity index (χ2v) is 8.34. The summed E-state index contributed by atoms with van der Waals surface area (Å²) in [7, 11) is 0. The van der Waals surface area contributed by atoms with E-state index in [4.69, 9.17) is 0 Å². The van der Waals surface area contributed by atoms with Gasteiger partial charge in [-0.1, -0.05) is 12.8 Å². The minimum atomic E-state index is -0.131. The number of amides is 2. The molecular weight excluding hydrogens is 366 g/mol. The van der Waals surface area contributed by atoms with Crippen molar-refractivity contribution in [3.8, 4) is 0 Å². The van der Waals surface area contributed by atoms with E-state index in [1.807, 2.05) is 32.6 Å². The number of hydrogen-bond donors (Lipinski definition) is 2. The Kier molecular flexibility index (Phi) is 7.19. The molecule has 7 heteroatoms. The van der Waals surface area contributed by atoms with E-state index >= 15 is 0 Å². The zero-order chi connectivity index (χ0) is 21.0. The Balaban J connectivity index is 1.81. The van der Waals surface area contributed by atoms with Gasteiger partial charge in [-0.2, -0.15) is 0 Å². The van der Waals surface area contributed by atoms with Gasteiger partial charge in [0, 0.05) is 43.7 Å². The average molecular weight is 404 g/mol. The van der Waals surface area contributed by atoms with Crippen molar-refractivity contribution in [2.75, 3.05) is 19.6 Å². The van der Waals surface area contributed by atoms with Crippen molar-refractivity contribution >= 4 is 17.8 Å². The summed E-state index contributed by atoms with van der Waals surface area (Å²) in [6.45, 7) is 10.3. The van der Waals surface area contributed by atoms with Crippen LogP contribution < -0.4 is 10.6 Å². The SMILES string of the molecule is CCNC1=NC(C)=C2CC(CCC(=O)N(CC)CC)C(=O)N(C3CCCC3)C2N1. The van der Waals surface area contributed by atoms with E-state index < -0.39 is 0 Å². The summed E-state index contributed by atoms with van der Waals surface area (Å²) in [6.07, 6.45) is 6.13. The maximum atomic E-state index is 13.5. The zero-order valence-electron chi connectivity index (χ0n) is 18.5. The van der Waals surface area contributed by atoms with Crippen molar-refractivity contribution in [1.82, 2.24) is 20.4 Å². The maximum Gasteiger partial charge on any atom is 0.228 e. The molecule has 29 heavy (non-hydrogen) atoms. The lowest BCUT2D eigenvalue weighted by Crippen LogP contribution is -2.62. The van der Waals surface area contributed by atoms with Gasteiger partial charge in [-0.25, -0.2) is 4.99 Å². The van der Waals surface area contributed by atoms with Gasteiger partial charge < -0.3 is 20.4 Å². The molecule has 2 atom stereocenters. The predicted molar refractivity (Wildman–Crippen MR) is 115 cm³/mol. The van der Waals surface area contributed by atoms with Gasteiger partial charge >= 0.3 is 0 Å². The van der Waals surface area contributed by atoms with Crippen LogP contribution in [0.25, 0.3) is 0 Å². The van der Waals surface area contributed by atoms with Gasteiger partial charge in [0.05, 0.1) is 0 Å². The molecule has 2 aliphatic heterocycles. The molecule has 3 aliphatic rings. The van der Waals surface area contributed by atoms with Crippen LogP contribution in [0.15, 0.2) is 16.3 Å². The molecule has 0 spiro atoms. The monoisotopic (exact) mass is 403 g/mol. The largest absolute Gasteiger partial charge is 0.356 e. The first kappa shape index (κ1) is 21.7. The molecule has 0 aromatic heterocycles. The molecule has 0 radical (unpaired) electrons. The Bertz CT molecular complexity index is 677. The molecule has 2 N–H and O–H groups in total. The highest BCUT2D eigenvalue weighted by molar-refractivity contribution is 5.87. The third kappa shape index (κ3) is 4.59. The van der Waals surface area contributed by atoms with Gasteiger partial charge in [0.1, 0.15) is 6.17 Å². The molecule has 2 heterocycles. The van der Waals surface area contributed by atoms with Crippen molar-refractivity contribution < 1.29 is 9.59 Å². The van der Waals surface area contributed by atoms with Crippen LogP contribution in [0.4, 0.5) is 0 Å². The summed E-state index contributed by atoms with van der Waals surface area (Å²) < 4.78 is 0. The third-order valence-electron chi connectivity index (χ3n) is 6.58. The molecule has 0 aromatic rings. The summed E-state index contributed by atoms with van der Waals surface area (Å²) >= 11 is 0. The number of allylic oxidation sites excluding steroid dienone is 1. The normalized spacial score (nSPS) is 24.9. The molecular formula is C22H37N5O2. The highest BCUT2D eigenvalue weighted by atomic mass is 16.2. The average Bonchev–Trinajstić information content (AvgIpc) is 3.22. The van der Waals surface area contributed by atoms with Crippen LogP contribution in [0, 0.1) is 5.92 Å². The molecule has 3 rings (SSSR count). The van der Waals surface area contributed by atoms with Crippen LogP contribution in [0.1, 0.15) is 72.6 Å². The van der Waals surface area contributed by atoms with Crippen LogP contribution in [0.3, 0.4) is 0 Å². The Morgan fingerprint density at radius 2 is 1.93 bits per heavy atom. The summed E-state index contributed by atoms with van der Waals surface area (Å²) in [6, 6.07) is 0.282. The first-order valence-corrected chi connectivity index (χ1v) is 11.4. The lowest BCUT2D eigenvalue weighted by Gasteiger charge is -2.46. The van der Waals surface area contributed by atoms with Gasteiger partial charge in [0.25, 0.3) is 0 Å². The molecule has 0 bridgehead atoms. The Morgan fingerprint density at radius 3 is 2.55 bits per heavy atom. The van der Waals surface area contributed by atoms with Gasteiger partial charge in [-0.15, -0.1) is 0 Å². The number of fused-ring (bicyclic) bond motifs is 1. The van der Waals surface area contributed by atoms with Crippen molar-refractivity contribution in [2.45, 2.75) is 84.8 Å². The zero-order valence-corrected chi connectivity index (χ0v) is 18.5. The van der Waals surface area contributed by atoms with Gasteiger partial charge in [0.15, 0.2) is 5.96 Å². The molecule has 2 amide bonds. The predicted octanol–water partition coefficient (Wildman–Crippen LogP) is 2.59. The fourth-order valence-corrected chi connectivity index (χ4v) is 4.96. The summed E-state index contributed by atoms with van der Waals surface area (Å²) in [4.78, 5) is 34.7. The highest BCUT2D eigenvalue weighted by Crippen LogP contribution is 2.38. The minimum absolute atomic E-state index is 0.105. The molecule has 2 unspecified atom stereocenters. The third-order valence-corrected chi connectivity index (χ3v) is 6.58. The summed E-state index contributed by atoms with van der Waals surface area (Å²) in [5.74, 6) is 0.979. The number of carbonyl (C=O) groups is 2. The number of hydrogen-bond acceptors (Lipinski definition) is 5. The van der Waals surface area contributed by atoms with E-state index in [2.05, 4.69) is 20.5 Å². The second kappa shape index (κ2) is 9.63. The van der Waals surface area contributed by atoms with Crippen LogP contribution >= 0.6 is 0 Å². The first-order valence-electron chi connectivity index (χ1n) is 11.4. The van der Waals surface area contributed by atoms with Gasteiger partial charge in [0.2, 0.25) is 11.8 Å². The number of likely N-dealkylation sites (tertiary alicyclic amines) is 1. The minimum Gasteiger partial charge on any atom is -0.356 e. The van der Waals surface area contributed by atoms with E-state index in [9.17, 15) is 9.59 Å². The van der Waals surface area contributed by atoms with Crippen molar-refractivity contribution in [3.63, 3.8) is 0 Å². The number of nitrogens with zero attached hydrogens (tertiary/aromatic N) is 3. The Hall–Kier alpha value is -2.05. The first-order chi connectivity index (χ1) is 14.0. The molecule has 7 nitrogen and oxygen atoms in total. The van der Waals surface area contributed by atoms with E-state index in [-0.39, 0.29) is 29.9 Å². The molecule has 0 aromatic carbocycles. The maximum absolute atomic E-state index is 13.5. The standard InChI is InChI=1S/C22H37N5O2/c1-5-23-22-24-15(4)18-14-16(12-13-19(28)26(6-2)7-3)21(29)27(20(18)25-22)17-10-8-9-11-17/h16-17,20H,5-14H2,1-4H3,(H2,23,24,25). The quantitative estimate of drug-likeness (QED) is 0.685. The fraction of sp³-hybridized carbons (Fsp3) is 0.773. The van der Waals surface area contributed by atoms with Crippen LogP contribution in [0.2, 0.25) is 0 Å². The lowest BCUT2D eigenvalue weighted by molar-refractivity contribution is -0.143. The second-order valence-electron chi connectivity index (χ2n) is 8.34. The number of rotatable bonds is 7. The van der Waals surface area contributed by atoms with E-state index in [0.29, 0.717) is 19.3 Å². The lowest BCUT2D eigenvalue weighted by atomic mass is 9.84. The van der Waals surface area contributed by atoms with Crippen molar-refractivity contribution in [2.24, 2.45) is 10.9 Å². The number of carbonyl (C=O) groups excluding carboxylic acids is 2. The Labute approximate surface area is 175 Å². The van der Waals surface area contributed by atoms with E-state index in [0.717, 1.165) is 44.1 Å². The number of piperidine rings is 1. The topological polar surface area (TPSA) is 77.0 Å². The number of aliphatic imine (C=N–C) groups is 1. The molecule has 1 saturated heterocycles. The van der Waals surface area contributed by atoms with Crippen LogP contribution in [-0.2, 0) is 9.59 Å². The smallest absolute Gasteiger partial charge is 0.228 e. The van der Waals surface area contributed by atoms with Gasteiger partial charge in [-0.05, 0) is 59.0 Å². The van der Waals surface area contributed by atoms with E-state index in [1.54, 1.807) is 0 Å². The number of nitrogens with one attached hydrogen (secondary N) is 2. The number of guanidine groups is 1. The molecule has 1 saturated carbocycles. The summed E-state index contributed by atoms with van der Waals surface area (Å²) in [5, 5.41) is 6.74. The van der Waals surface area contributed by atoms with Crippen LogP contribution in [-0.4, -0.2) is 59.4 Å². The molecule has 162 valence electrons. The van der Waals surface area contributed by atoms with E-state index in [1.165, 1.54) is 18.4 Å². The molecule has 1 aliphatic carbocycles. The highest BCUT2D eigenvalue weighted by Gasteiger charge is 2.44. The van der Waals surface area contributed by atoms with Crippen molar-refractivity contribution in [3.05, 3.63) is 11.3 Å². The summed E-state index contributed by atoms with van der Waals surface area (Å²) in [5.41, 5.74) is 2.21. The van der Waals surface area contributed by atoms with Crippen molar-refractivity contribution in [1.29, 1.82) is 0 Å². The van der Waals surface area contributed by atoms with Crippen LogP contribution in [0.5, 0.6) is 0 Å². The van der Waals surface area contributed by atoms with Gasteiger partial charge in [-0.3, -0.25) is 9.59 Å². The molecule has 2 fully saturated rings. The Morgan fingerprint density at radius 1 is 1.24 bits per heavy atom.